The van der Waals surface area contributed by atoms with Crippen molar-refractivity contribution in [2.45, 2.75) is 50.5 Å². The Morgan fingerprint density at radius 2 is 2.00 bits per heavy atom. The summed E-state index contributed by atoms with van der Waals surface area (Å²) in [6, 6.07) is 0.529. The molecule has 180 valence electrons. The highest BCUT2D eigenvalue weighted by Crippen LogP contribution is 2.51. The molecule has 2 bridgehead atoms. The van der Waals surface area contributed by atoms with E-state index in [1.54, 1.807) is 22.1 Å². The SMILES string of the molecule is C[C@@H]1CC2CC(Cn3cnnc3)(C1)N2C(=O)Nc1cc(-n2ncc(Cl)n2)c(C(F)(F)F)cc1F. The minimum Gasteiger partial charge on any atom is -0.318 e. The van der Waals surface area contributed by atoms with Crippen LogP contribution in [0.2, 0.25) is 5.15 Å². The molecule has 34 heavy (non-hydrogen) atoms. The molecule has 0 radical (unpaired) electrons. The summed E-state index contributed by atoms with van der Waals surface area (Å²) in [4.78, 5) is 15.6. The minimum absolute atomic E-state index is 0.0520. The zero-order chi connectivity index (χ0) is 24.3. The summed E-state index contributed by atoms with van der Waals surface area (Å²) in [5.74, 6) is -0.848. The van der Waals surface area contributed by atoms with Crippen LogP contribution in [0, 0.1) is 11.7 Å². The molecule has 3 fully saturated rings. The van der Waals surface area contributed by atoms with E-state index in [1.807, 2.05) is 0 Å². The predicted molar refractivity (Wildman–Crippen MR) is 112 cm³/mol. The molecule has 3 aromatic rings. The largest absolute Gasteiger partial charge is 0.418 e. The first-order valence-corrected chi connectivity index (χ1v) is 10.9. The molecule has 1 N–H and O–H groups in total. The number of carbonyl (C=O) groups excluding carboxylic acids is 1. The highest BCUT2D eigenvalue weighted by Gasteiger charge is 2.58. The maximum absolute atomic E-state index is 14.7. The van der Waals surface area contributed by atoms with E-state index in [2.05, 4.69) is 32.6 Å². The fraction of sp³-hybridized carbons (Fsp3) is 0.450. The number of urea groups is 1. The first kappa shape index (κ1) is 22.6. The Morgan fingerprint density at radius 1 is 1.26 bits per heavy atom. The molecule has 6 rings (SSSR count). The summed E-state index contributed by atoms with van der Waals surface area (Å²) in [5, 5.41) is 17.3. The number of amides is 2. The summed E-state index contributed by atoms with van der Waals surface area (Å²) in [5.41, 5.74) is -2.79. The number of fused-ring (bicyclic) bond motifs is 2. The number of carbonyl (C=O) groups is 1. The number of nitrogens with zero attached hydrogens (tertiary/aromatic N) is 7. The number of halogens is 5. The quantitative estimate of drug-likeness (QED) is 0.546. The minimum atomic E-state index is -4.88. The number of benzene rings is 1. The van der Waals surface area contributed by atoms with Crippen LogP contribution in [0.4, 0.5) is 28.0 Å². The second-order valence-electron chi connectivity index (χ2n) is 8.87. The van der Waals surface area contributed by atoms with Crippen LogP contribution in [0.5, 0.6) is 0 Å². The van der Waals surface area contributed by atoms with Gasteiger partial charge in [-0.1, -0.05) is 18.5 Å². The van der Waals surface area contributed by atoms with E-state index in [1.165, 1.54) is 0 Å². The molecule has 2 saturated heterocycles. The summed E-state index contributed by atoms with van der Waals surface area (Å²) in [7, 11) is 0. The third-order valence-corrected chi connectivity index (χ3v) is 6.54. The third-order valence-electron chi connectivity index (χ3n) is 6.37. The van der Waals surface area contributed by atoms with Crippen LogP contribution in [0.3, 0.4) is 0 Å². The number of nitrogens with one attached hydrogen (secondary N) is 1. The van der Waals surface area contributed by atoms with Crippen LogP contribution in [-0.2, 0) is 12.7 Å². The maximum atomic E-state index is 14.7. The standard InChI is InChI=1S/C20H19ClF4N8O/c1-11-2-12-6-19(5-11,8-31-9-26-27-10-31)32(12)18(34)29-15-4-16(33-28-7-17(21)30-33)13(3-14(15)22)20(23,24)25/h3-4,7,9-12H,2,5-6,8H2,1H3,(H,29,34)/t11-,12?,19?/m1/s1. The number of hydrogen-bond donors (Lipinski definition) is 1. The van der Waals surface area contributed by atoms with Gasteiger partial charge in [0.15, 0.2) is 5.15 Å². The molecular formula is C20H19ClF4N8O. The summed E-state index contributed by atoms with van der Waals surface area (Å²) in [6.45, 7) is 2.57. The lowest BCUT2D eigenvalue weighted by Crippen LogP contribution is -2.73. The molecular weight excluding hydrogens is 480 g/mol. The van der Waals surface area contributed by atoms with Gasteiger partial charge < -0.3 is 14.8 Å². The van der Waals surface area contributed by atoms with Gasteiger partial charge in [-0.3, -0.25) is 0 Å². The molecule has 2 unspecified atom stereocenters. The average Bonchev–Trinajstić information content (AvgIpc) is 3.39. The first-order valence-electron chi connectivity index (χ1n) is 10.5. The highest BCUT2D eigenvalue weighted by atomic mass is 35.5. The number of aromatic nitrogens is 6. The first-order chi connectivity index (χ1) is 16.1. The van der Waals surface area contributed by atoms with E-state index < -0.39 is 40.5 Å². The second kappa shape index (κ2) is 7.93. The molecule has 3 aliphatic rings. The van der Waals surface area contributed by atoms with E-state index in [0.717, 1.165) is 31.5 Å². The Labute approximate surface area is 195 Å². The molecule has 9 nitrogen and oxygen atoms in total. The smallest absolute Gasteiger partial charge is 0.318 e. The Balaban J connectivity index is 1.46. The summed E-state index contributed by atoms with van der Waals surface area (Å²) < 4.78 is 57.2. The maximum Gasteiger partial charge on any atom is 0.418 e. The van der Waals surface area contributed by atoms with Crippen molar-refractivity contribution in [1.82, 2.24) is 34.7 Å². The molecule has 1 aromatic carbocycles. The zero-order valence-electron chi connectivity index (χ0n) is 17.8. The van der Waals surface area contributed by atoms with Gasteiger partial charge in [-0.05, 0) is 37.3 Å². The molecule has 2 aromatic heterocycles. The fourth-order valence-corrected chi connectivity index (χ4v) is 5.40. The van der Waals surface area contributed by atoms with E-state index in [-0.39, 0.29) is 11.2 Å². The Bertz CT molecular complexity index is 1230. The Morgan fingerprint density at radius 3 is 2.65 bits per heavy atom. The lowest BCUT2D eigenvalue weighted by molar-refractivity contribution is -0.137. The average molecular weight is 499 g/mol. The van der Waals surface area contributed by atoms with Gasteiger partial charge in [0.25, 0.3) is 0 Å². The van der Waals surface area contributed by atoms with Gasteiger partial charge in [0.2, 0.25) is 0 Å². The Hall–Kier alpha value is -3.22. The van der Waals surface area contributed by atoms with E-state index in [0.29, 0.717) is 23.3 Å². The zero-order valence-corrected chi connectivity index (χ0v) is 18.6. The van der Waals surface area contributed by atoms with Gasteiger partial charge in [0.1, 0.15) is 24.2 Å². The molecule has 3 atom stereocenters. The molecule has 1 saturated carbocycles. The fourth-order valence-electron chi connectivity index (χ4n) is 5.29. The van der Waals surface area contributed by atoms with Crippen molar-refractivity contribution in [2.75, 3.05) is 5.32 Å². The topological polar surface area (TPSA) is 93.8 Å². The van der Waals surface area contributed by atoms with E-state index in [9.17, 15) is 22.4 Å². The van der Waals surface area contributed by atoms with Crippen molar-refractivity contribution in [3.63, 3.8) is 0 Å². The second-order valence-corrected chi connectivity index (χ2v) is 9.25. The van der Waals surface area contributed by atoms with Crippen LogP contribution in [0.25, 0.3) is 5.69 Å². The van der Waals surface area contributed by atoms with Crippen molar-refractivity contribution in [3.8, 4) is 5.69 Å². The highest BCUT2D eigenvalue weighted by molar-refractivity contribution is 6.29. The number of anilines is 1. The van der Waals surface area contributed by atoms with Crippen LogP contribution >= 0.6 is 11.6 Å². The van der Waals surface area contributed by atoms with Gasteiger partial charge in [-0.25, -0.2) is 9.18 Å². The summed E-state index contributed by atoms with van der Waals surface area (Å²) >= 11 is 5.70. The van der Waals surface area contributed by atoms with Crippen molar-refractivity contribution in [3.05, 3.63) is 47.5 Å². The third kappa shape index (κ3) is 3.87. The monoisotopic (exact) mass is 498 g/mol. The van der Waals surface area contributed by atoms with Crippen LogP contribution in [0.15, 0.2) is 31.0 Å². The molecule has 2 aliphatic heterocycles. The number of alkyl halides is 3. The van der Waals surface area contributed by atoms with Crippen LogP contribution in [-0.4, -0.2) is 52.3 Å². The summed E-state index contributed by atoms with van der Waals surface area (Å²) in [6.07, 6.45) is 1.56. The molecule has 4 heterocycles. The van der Waals surface area contributed by atoms with Crippen molar-refractivity contribution in [2.24, 2.45) is 5.92 Å². The Kier molecular flexibility index (Phi) is 5.26. The van der Waals surface area contributed by atoms with Crippen LogP contribution < -0.4 is 5.32 Å². The van der Waals surface area contributed by atoms with Crippen molar-refractivity contribution in [1.29, 1.82) is 0 Å². The van der Waals surface area contributed by atoms with Crippen molar-refractivity contribution >= 4 is 23.3 Å². The van der Waals surface area contributed by atoms with Gasteiger partial charge in [-0.15, -0.1) is 20.1 Å². The lowest BCUT2D eigenvalue weighted by atomic mass is 9.64. The molecule has 14 heteroatoms. The van der Waals surface area contributed by atoms with Gasteiger partial charge in [0, 0.05) is 12.6 Å². The predicted octanol–water partition coefficient (Wildman–Crippen LogP) is 4.15. The number of hydrogen-bond acceptors (Lipinski definition) is 5. The van der Waals surface area contributed by atoms with Gasteiger partial charge in [0.05, 0.1) is 23.0 Å². The van der Waals surface area contributed by atoms with Crippen molar-refractivity contribution < 1.29 is 22.4 Å². The van der Waals surface area contributed by atoms with Crippen LogP contribution in [0.1, 0.15) is 31.7 Å². The van der Waals surface area contributed by atoms with Gasteiger partial charge >= 0.3 is 12.2 Å². The van der Waals surface area contributed by atoms with E-state index >= 15 is 0 Å². The van der Waals surface area contributed by atoms with Gasteiger partial charge in [-0.2, -0.15) is 18.3 Å². The number of piperidine rings is 1. The molecule has 1 aliphatic carbocycles. The molecule has 2 amide bonds. The number of rotatable bonds is 4. The van der Waals surface area contributed by atoms with E-state index in [4.69, 9.17) is 11.6 Å². The lowest BCUT2D eigenvalue weighted by Gasteiger charge is -2.63. The normalized spacial score (nSPS) is 24.1. The molecule has 0 spiro atoms.